The van der Waals surface area contributed by atoms with Crippen molar-refractivity contribution in [1.29, 1.82) is 0 Å². The van der Waals surface area contributed by atoms with E-state index in [4.69, 9.17) is 14.6 Å². The van der Waals surface area contributed by atoms with Gasteiger partial charge in [-0.3, -0.25) is 4.79 Å². The molecule has 84 valence electrons. The number of carbonyl (C=O) groups is 1. The summed E-state index contributed by atoms with van der Waals surface area (Å²) in [4.78, 5) is 10.6. The smallest absolute Gasteiger partial charge is 0.183 e. The van der Waals surface area contributed by atoms with Crippen molar-refractivity contribution in [2.75, 3.05) is 33.0 Å². The van der Waals surface area contributed by atoms with Gasteiger partial charge in [-0.1, -0.05) is 6.92 Å². The standard InChI is InChI=1S/C9H18O5/c1-2-3-13-6-9(12)7-14-5-8(11)4-10/h9-10,12H,2-7H2,1H3. The Morgan fingerprint density at radius 1 is 1.36 bits per heavy atom. The summed E-state index contributed by atoms with van der Waals surface area (Å²) >= 11 is 0. The molecule has 0 spiro atoms. The molecule has 5 nitrogen and oxygen atoms in total. The van der Waals surface area contributed by atoms with Gasteiger partial charge in [-0.2, -0.15) is 0 Å². The van der Waals surface area contributed by atoms with Gasteiger partial charge in [0.05, 0.1) is 13.2 Å². The molecular formula is C9H18O5. The van der Waals surface area contributed by atoms with Gasteiger partial charge in [0.1, 0.15) is 19.3 Å². The summed E-state index contributed by atoms with van der Waals surface area (Å²) in [5, 5.41) is 17.6. The number of hydrogen-bond acceptors (Lipinski definition) is 5. The number of rotatable bonds is 9. The normalized spacial score (nSPS) is 12.8. The highest BCUT2D eigenvalue weighted by Gasteiger charge is 2.05. The maximum Gasteiger partial charge on any atom is 0.183 e. The van der Waals surface area contributed by atoms with Crippen LogP contribution in [0.15, 0.2) is 0 Å². The van der Waals surface area contributed by atoms with E-state index in [-0.39, 0.29) is 19.8 Å². The van der Waals surface area contributed by atoms with Crippen LogP contribution in [-0.2, 0) is 14.3 Å². The minimum atomic E-state index is -0.715. The first kappa shape index (κ1) is 13.5. The van der Waals surface area contributed by atoms with E-state index in [9.17, 15) is 9.90 Å². The fourth-order valence-corrected chi connectivity index (χ4v) is 0.766. The van der Waals surface area contributed by atoms with Crippen LogP contribution in [0.4, 0.5) is 0 Å². The van der Waals surface area contributed by atoms with Crippen LogP contribution in [-0.4, -0.2) is 55.1 Å². The first-order valence-corrected chi connectivity index (χ1v) is 4.66. The van der Waals surface area contributed by atoms with E-state index in [1.807, 2.05) is 6.92 Å². The van der Waals surface area contributed by atoms with E-state index < -0.39 is 18.5 Å². The van der Waals surface area contributed by atoms with Crippen LogP contribution in [0.25, 0.3) is 0 Å². The Morgan fingerprint density at radius 3 is 2.57 bits per heavy atom. The minimum absolute atomic E-state index is 0.0510. The summed E-state index contributed by atoms with van der Waals surface area (Å²) in [6, 6.07) is 0. The fraction of sp³-hybridized carbons (Fsp3) is 0.889. The third-order valence-corrected chi connectivity index (χ3v) is 1.41. The van der Waals surface area contributed by atoms with Crippen molar-refractivity contribution in [2.45, 2.75) is 19.4 Å². The summed E-state index contributed by atoms with van der Waals surface area (Å²) in [5.41, 5.74) is 0. The maximum atomic E-state index is 10.6. The molecule has 1 atom stereocenters. The molecule has 0 radical (unpaired) electrons. The molecule has 5 heteroatoms. The van der Waals surface area contributed by atoms with E-state index in [2.05, 4.69) is 0 Å². The van der Waals surface area contributed by atoms with Crippen molar-refractivity contribution in [3.8, 4) is 0 Å². The van der Waals surface area contributed by atoms with Gasteiger partial charge in [0.2, 0.25) is 0 Å². The molecule has 2 N–H and O–H groups in total. The lowest BCUT2D eigenvalue weighted by molar-refractivity contribution is -0.127. The lowest BCUT2D eigenvalue weighted by Gasteiger charge is -2.10. The highest BCUT2D eigenvalue weighted by Crippen LogP contribution is 1.89. The zero-order valence-electron chi connectivity index (χ0n) is 8.44. The van der Waals surface area contributed by atoms with Crippen molar-refractivity contribution in [1.82, 2.24) is 0 Å². The summed E-state index contributed by atoms with van der Waals surface area (Å²) < 4.78 is 9.90. The van der Waals surface area contributed by atoms with Gasteiger partial charge in [0, 0.05) is 6.61 Å². The number of ether oxygens (including phenoxy) is 2. The van der Waals surface area contributed by atoms with Crippen molar-refractivity contribution in [3.05, 3.63) is 0 Å². The molecule has 0 aliphatic carbocycles. The molecule has 0 aliphatic heterocycles. The highest BCUT2D eigenvalue weighted by atomic mass is 16.5. The lowest BCUT2D eigenvalue weighted by atomic mass is 10.4. The van der Waals surface area contributed by atoms with Crippen molar-refractivity contribution >= 4 is 5.78 Å². The first-order valence-electron chi connectivity index (χ1n) is 4.66. The highest BCUT2D eigenvalue weighted by molar-refractivity contribution is 5.80. The Labute approximate surface area is 83.6 Å². The predicted molar refractivity (Wildman–Crippen MR) is 50.0 cm³/mol. The third kappa shape index (κ3) is 8.12. The molecule has 0 saturated heterocycles. The SMILES string of the molecule is CCCOCC(O)COCC(=O)CO. The van der Waals surface area contributed by atoms with E-state index in [0.717, 1.165) is 6.42 Å². The second-order valence-corrected chi connectivity index (χ2v) is 2.94. The molecule has 0 heterocycles. The van der Waals surface area contributed by atoms with Crippen LogP contribution >= 0.6 is 0 Å². The van der Waals surface area contributed by atoms with E-state index in [1.165, 1.54) is 0 Å². The third-order valence-electron chi connectivity index (χ3n) is 1.41. The zero-order valence-corrected chi connectivity index (χ0v) is 8.44. The Bertz CT molecular complexity index is 148. The van der Waals surface area contributed by atoms with Crippen LogP contribution in [0.2, 0.25) is 0 Å². The molecule has 0 rings (SSSR count). The lowest BCUT2D eigenvalue weighted by Crippen LogP contribution is -2.24. The number of aliphatic hydroxyl groups is 2. The Morgan fingerprint density at radius 2 is 2.00 bits per heavy atom. The molecular weight excluding hydrogens is 188 g/mol. The van der Waals surface area contributed by atoms with Gasteiger partial charge in [-0.05, 0) is 6.42 Å². The Kier molecular flexibility index (Phi) is 8.76. The zero-order chi connectivity index (χ0) is 10.8. The summed E-state index contributed by atoms with van der Waals surface area (Å²) in [6.07, 6.45) is 0.185. The van der Waals surface area contributed by atoms with Crippen molar-refractivity contribution in [2.24, 2.45) is 0 Å². The molecule has 0 aromatic rings. The molecule has 0 aliphatic rings. The van der Waals surface area contributed by atoms with Gasteiger partial charge in [-0.25, -0.2) is 0 Å². The van der Waals surface area contributed by atoms with E-state index in [0.29, 0.717) is 6.61 Å². The predicted octanol–water partition coefficient (Wildman–Crippen LogP) is -0.648. The summed E-state index contributed by atoms with van der Waals surface area (Å²) in [7, 11) is 0. The minimum Gasteiger partial charge on any atom is -0.388 e. The Balaban J connectivity index is 3.26. The van der Waals surface area contributed by atoms with E-state index >= 15 is 0 Å². The molecule has 0 aromatic heterocycles. The summed E-state index contributed by atoms with van der Waals surface area (Å²) in [5.74, 6) is -0.397. The molecule has 0 saturated carbocycles. The number of carbonyl (C=O) groups excluding carboxylic acids is 1. The molecule has 1 unspecified atom stereocenters. The maximum absolute atomic E-state index is 10.6. The monoisotopic (exact) mass is 206 g/mol. The molecule has 0 bridgehead atoms. The van der Waals surface area contributed by atoms with E-state index in [1.54, 1.807) is 0 Å². The Hall–Kier alpha value is -0.490. The van der Waals surface area contributed by atoms with Crippen LogP contribution in [0.5, 0.6) is 0 Å². The number of Topliss-reactive ketones (excluding diaryl/α,β-unsaturated/α-hetero) is 1. The number of aliphatic hydroxyl groups excluding tert-OH is 2. The van der Waals surface area contributed by atoms with Gasteiger partial charge < -0.3 is 19.7 Å². The van der Waals surface area contributed by atoms with Crippen LogP contribution in [0, 0.1) is 0 Å². The van der Waals surface area contributed by atoms with Crippen LogP contribution < -0.4 is 0 Å². The molecule has 0 amide bonds. The number of hydrogen-bond donors (Lipinski definition) is 2. The second-order valence-electron chi connectivity index (χ2n) is 2.94. The largest absolute Gasteiger partial charge is 0.388 e. The van der Waals surface area contributed by atoms with Gasteiger partial charge >= 0.3 is 0 Å². The molecule has 14 heavy (non-hydrogen) atoms. The van der Waals surface area contributed by atoms with Crippen LogP contribution in [0.1, 0.15) is 13.3 Å². The van der Waals surface area contributed by atoms with Gasteiger partial charge in [0.25, 0.3) is 0 Å². The second kappa shape index (κ2) is 9.08. The average molecular weight is 206 g/mol. The van der Waals surface area contributed by atoms with Crippen molar-refractivity contribution in [3.63, 3.8) is 0 Å². The molecule has 0 aromatic carbocycles. The van der Waals surface area contributed by atoms with Crippen molar-refractivity contribution < 1.29 is 24.5 Å². The topological polar surface area (TPSA) is 76.0 Å². The molecule has 0 fully saturated rings. The van der Waals surface area contributed by atoms with Gasteiger partial charge in [0.15, 0.2) is 5.78 Å². The average Bonchev–Trinajstić information content (AvgIpc) is 2.18. The fourth-order valence-electron chi connectivity index (χ4n) is 0.766. The summed E-state index contributed by atoms with van der Waals surface area (Å²) in [6.45, 7) is 2.15. The number of ketones is 1. The quantitative estimate of drug-likeness (QED) is 0.490. The first-order chi connectivity index (χ1) is 6.70. The van der Waals surface area contributed by atoms with Crippen LogP contribution in [0.3, 0.4) is 0 Å². The van der Waals surface area contributed by atoms with Gasteiger partial charge in [-0.15, -0.1) is 0 Å².